The molecule has 0 aromatic rings. The summed E-state index contributed by atoms with van der Waals surface area (Å²) in [5, 5.41) is 2.49. The van der Waals surface area contributed by atoms with Crippen molar-refractivity contribution < 1.29 is 81.4 Å². The van der Waals surface area contributed by atoms with Gasteiger partial charge in [-0.1, -0.05) is 194 Å². The first-order chi connectivity index (χ1) is 29.7. The fourth-order valence-electron chi connectivity index (χ4n) is 6.98. The van der Waals surface area contributed by atoms with Crippen molar-refractivity contribution in [3.05, 3.63) is 0 Å². The number of unbranched alkanes of at least 4 members (excludes halogenated alkanes) is 28. The molecule has 3 N–H and O–H groups in total. The first-order valence-electron chi connectivity index (χ1n) is 24.8. The molecule has 1 unspecified atom stereocenters. The summed E-state index contributed by atoms with van der Waals surface area (Å²) < 4.78 is 43.6. The second-order valence-corrected chi connectivity index (χ2v) is 18.0. The van der Waals surface area contributed by atoms with Crippen molar-refractivity contribution in [3.63, 3.8) is 0 Å². The van der Waals surface area contributed by atoms with Crippen LogP contribution in [0.25, 0.3) is 0 Å². The summed E-state index contributed by atoms with van der Waals surface area (Å²) in [5.41, 5.74) is 5.34. The van der Waals surface area contributed by atoms with E-state index in [4.69, 9.17) is 33.7 Å². The molecule has 1 amide bonds. The van der Waals surface area contributed by atoms with Crippen molar-refractivity contribution in [3.8, 4) is 0 Å². The van der Waals surface area contributed by atoms with Crippen molar-refractivity contribution in [1.82, 2.24) is 5.32 Å². The number of esters is 2. The number of amides is 1. The Labute approximate surface area is 400 Å². The van der Waals surface area contributed by atoms with E-state index in [1.165, 1.54) is 141 Å². The molecule has 0 radical (unpaired) electrons. The minimum Gasteiger partial charge on any atom is -0.756 e. The van der Waals surface area contributed by atoms with Gasteiger partial charge in [0.25, 0.3) is 7.82 Å². The molecule has 0 aliphatic rings. The van der Waals surface area contributed by atoms with E-state index in [1.807, 2.05) is 0 Å². The molecule has 362 valence electrons. The molecule has 2 atom stereocenters. The average molecular weight is 915 g/mol. The first-order valence-corrected chi connectivity index (χ1v) is 26.3. The molecular formula is C47H92N2NaO11P. The van der Waals surface area contributed by atoms with E-state index in [2.05, 4.69) is 19.2 Å². The summed E-state index contributed by atoms with van der Waals surface area (Å²) in [6, 6.07) is 0. The fourth-order valence-corrected chi connectivity index (χ4v) is 7.72. The maximum Gasteiger partial charge on any atom is 1.00 e. The molecule has 0 fully saturated rings. The zero-order valence-electron chi connectivity index (χ0n) is 40.1. The van der Waals surface area contributed by atoms with Gasteiger partial charge in [-0.3, -0.25) is 18.9 Å². The van der Waals surface area contributed by atoms with E-state index >= 15 is 0 Å². The number of rotatable bonds is 49. The van der Waals surface area contributed by atoms with Crippen LogP contribution in [0.15, 0.2) is 0 Å². The zero-order valence-corrected chi connectivity index (χ0v) is 43.0. The average Bonchev–Trinajstić information content (AvgIpc) is 3.24. The van der Waals surface area contributed by atoms with Gasteiger partial charge in [-0.25, -0.2) is 0 Å². The molecule has 0 aromatic heterocycles. The Morgan fingerprint density at radius 1 is 0.532 bits per heavy atom. The number of ether oxygens (including phenoxy) is 4. The number of phosphoric ester groups is 1. The number of nitrogens with one attached hydrogen (secondary N) is 1. The SMILES string of the molecule is CCCCCCCCCCCCCCCCCC(=O)OC[C@H](COP(=O)([O-])OCCNC(=O)COCCOCCN)OC(=O)CCCCCCCCCCCCCCCCC.[Na+]. The summed E-state index contributed by atoms with van der Waals surface area (Å²) in [6.45, 7) is 4.24. The van der Waals surface area contributed by atoms with Crippen molar-refractivity contribution in [2.24, 2.45) is 5.73 Å². The first kappa shape index (κ1) is 63.5. The van der Waals surface area contributed by atoms with Crippen LogP contribution < -0.4 is 45.5 Å². The molecule has 0 aliphatic heterocycles. The third-order valence-corrected chi connectivity index (χ3v) is 11.6. The maximum absolute atomic E-state index is 12.7. The van der Waals surface area contributed by atoms with Crippen LogP contribution in [0.3, 0.4) is 0 Å². The molecule has 15 heteroatoms. The molecule has 0 heterocycles. The third-order valence-electron chi connectivity index (χ3n) is 10.7. The smallest absolute Gasteiger partial charge is 0.756 e. The normalized spacial score (nSPS) is 12.7. The number of nitrogens with two attached hydrogens (primary N) is 1. The number of phosphoric acid groups is 1. The Kier molecular flexibility index (Phi) is 51.0. The summed E-state index contributed by atoms with van der Waals surface area (Å²) in [7, 11) is -4.83. The Morgan fingerprint density at radius 3 is 1.37 bits per heavy atom. The van der Waals surface area contributed by atoms with Gasteiger partial charge in [0.15, 0.2) is 6.10 Å². The minimum atomic E-state index is -4.83. The predicted octanol–water partition coefficient (Wildman–Crippen LogP) is 7.58. The summed E-state index contributed by atoms with van der Waals surface area (Å²) in [5.74, 6) is -1.38. The van der Waals surface area contributed by atoms with Gasteiger partial charge in [0, 0.05) is 25.9 Å². The quantitative estimate of drug-likeness (QED) is 0.0264. The van der Waals surface area contributed by atoms with Gasteiger partial charge >= 0.3 is 41.5 Å². The largest absolute Gasteiger partial charge is 1.00 e. The van der Waals surface area contributed by atoms with Crippen LogP contribution in [0.1, 0.15) is 219 Å². The van der Waals surface area contributed by atoms with Gasteiger partial charge in [-0.05, 0) is 12.8 Å². The number of hydrogen-bond donors (Lipinski definition) is 2. The van der Waals surface area contributed by atoms with Crippen LogP contribution in [0.2, 0.25) is 0 Å². The monoisotopic (exact) mass is 915 g/mol. The molecule has 0 saturated carbocycles. The third kappa shape index (κ3) is 48.8. The van der Waals surface area contributed by atoms with Gasteiger partial charge in [-0.15, -0.1) is 0 Å². The minimum absolute atomic E-state index is 0. The van der Waals surface area contributed by atoms with Crippen LogP contribution in [0.4, 0.5) is 0 Å². The number of hydrogen-bond acceptors (Lipinski definition) is 12. The van der Waals surface area contributed by atoms with E-state index in [0.717, 1.165) is 38.5 Å². The van der Waals surface area contributed by atoms with E-state index in [1.54, 1.807) is 0 Å². The van der Waals surface area contributed by atoms with Gasteiger partial charge < -0.3 is 43.9 Å². The summed E-state index contributed by atoms with van der Waals surface area (Å²) >= 11 is 0. The molecule has 0 spiro atoms. The fraction of sp³-hybridized carbons (Fsp3) is 0.936. The van der Waals surface area contributed by atoms with Crippen LogP contribution >= 0.6 is 7.82 Å². The molecule has 0 bridgehead atoms. The Bertz CT molecular complexity index is 1050. The predicted molar refractivity (Wildman–Crippen MR) is 243 cm³/mol. The van der Waals surface area contributed by atoms with Crippen molar-refractivity contribution in [2.45, 2.75) is 225 Å². The molecule has 0 rings (SSSR count). The van der Waals surface area contributed by atoms with Crippen LogP contribution in [0.5, 0.6) is 0 Å². The van der Waals surface area contributed by atoms with Gasteiger partial charge in [0.2, 0.25) is 5.91 Å². The number of carbonyl (C=O) groups excluding carboxylic acids is 3. The Morgan fingerprint density at radius 2 is 0.935 bits per heavy atom. The van der Waals surface area contributed by atoms with E-state index in [-0.39, 0.29) is 75.4 Å². The van der Waals surface area contributed by atoms with Crippen LogP contribution in [-0.4, -0.2) is 83.3 Å². The van der Waals surface area contributed by atoms with Crippen molar-refractivity contribution in [2.75, 3.05) is 59.3 Å². The standard InChI is InChI=1S/C47H93N2O11P.Na/c1-3-5-7-9-11-13-15-17-19-21-23-25-27-29-31-33-46(51)57-41-44(42-59-61(53,54)58-38-36-49-45(50)43-56-40-39-55-37-35-48)60-47(52)34-32-30-28-26-24-22-20-18-16-14-12-10-8-6-4-2;/h44H,3-43,48H2,1-2H3,(H,49,50)(H,53,54);/q;+1/p-1/t44-;/m1./s1. The van der Waals surface area contributed by atoms with E-state index in [0.29, 0.717) is 32.6 Å². The summed E-state index contributed by atoms with van der Waals surface area (Å²) in [6.07, 6.45) is 36.0. The summed E-state index contributed by atoms with van der Waals surface area (Å²) in [4.78, 5) is 49.7. The molecule has 13 nitrogen and oxygen atoms in total. The van der Waals surface area contributed by atoms with Crippen molar-refractivity contribution >= 4 is 25.7 Å². The van der Waals surface area contributed by atoms with Gasteiger partial charge in [0.1, 0.15) is 13.2 Å². The molecule has 0 aliphatic carbocycles. The second kappa shape index (κ2) is 49.8. The molecule has 62 heavy (non-hydrogen) atoms. The topological polar surface area (TPSA) is 185 Å². The van der Waals surface area contributed by atoms with Crippen LogP contribution in [-0.2, 0) is 46.9 Å². The van der Waals surface area contributed by atoms with E-state index < -0.39 is 38.4 Å². The van der Waals surface area contributed by atoms with Gasteiger partial charge in [-0.2, -0.15) is 0 Å². The maximum atomic E-state index is 12.7. The number of carbonyl (C=O) groups is 3. The Balaban J connectivity index is 0. The van der Waals surface area contributed by atoms with E-state index in [9.17, 15) is 23.8 Å². The molecule has 0 aromatic carbocycles. The van der Waals surface area contributed by atoms with Crippen LogP contribution in [0, 0.1) is 0 Å². The van der Waals surface area contributed by atoms with Gasteiger partial charge in [0.05, 0.1) is 33.0 Å². The second-order valence-electron chi connectivity index (χ2n) is 16.6. The molecular weight excluding hydrogens is 822 g/mol. The van der Waals surface area contributed by atoms with Crippen molar-refractivity contribution in [1.29, 1.82) is 0 Å². The molecule has 0 saturated heterocycles. The Hall–Kier alpha value is -0.600. The zero-order chi connectivity index (χ0) is 44.8.